The topological polar surface area (TPSA) is 139 Å². The summed E-state index contributed by atoms with van der Waals surface area (Å²) in [5, 5.41) is 10.4. The molecule has 0 atom stereocenters. The van der Waals surface area contributed by atoms with Gasteiger partial charge in [-0.2, -0.15) is 0 Å². The van der Waals surface area contributed by atoms with Crippen LogP contribution in [-0.4, -0.2) is 30.0 Å². The molecule has 0 aromatic heterocycles. The Balaban J connectivity index is 2.00. The minimum Gasteiger partial charge on any atom is -0.490 e. The van der Waals surface area contributed by atoms with E-state index in [1.54, 1.807) is 12.1 Å². The van der Waals surface area contributed by atoms with Crippen molar-refractivity contribution in [3.05, 3.63) is 47.5 Å². The van der Waals surface area contributed by atoms with Crippen LogP contribution < -0.4 is 19.8 Å². The van der Waals surface area contributed by atoms with E-state index in [1.165, 1.54) is 24.3 Å². The van der Waals surface area contributed by atoms with Crippen LogP contribution in [0, 0.1) is 0 Å². The average Bonchev–Trinajstić information content (AvgIpc) is 2.63. The highest BCUT2D eigenvalue weighted by atomic mass is 32.2. The summed E-state index contributed by atoms with van der Waals surface area (Å²) in [6, 6.07) is 9.18. The molecule has 0 aliphatic rings. The van der Waals surface area contributed by atoms with E-state index in [-0.39, 0.29) is 23.0 Å². The fraction of sp³-hybridized carbons (Fsp3) is 0.333. The summed E-state index contributed by atoms with van der Waals surface area (Å²) in [6.45, 7) is 4.09. The van der Waals surface area contributed by atoms with Crippen molar-refractivity contribution in [1.29, 1.82) is 0 Å². The van der Waals surface area contributed by atoms with Gasteiger partial charge >= 0.3 is 0 Å². The Labute approximate surface area is 165 Å². The summed E-state index contributed by atoms with van der Waals surface area (Å²) in [6.07, 6.45) is 0.991. The summed E-state index contributed by atoms with van der Waals surface area (Å²) < 4.78 is 57.4. The van der Waals surface area contributed by atoms with Crippen molar-refractivity contribution < 1.29 is 26.3 Å². The molecule has 0 saturated carbocycles. The predicted octanol–water partition coefficient (Wildman–Crippen LogP) is 1.56. The molecule has 28 heavy (non-hydrogen) atoms. The molecule has 154 valence electrons. The molecular formula is C18H24N2O6S2. The first-order valence-corrected chi connectivity index (χ1v) is 11.7. The van der Waals surface area contributed by atoms with E-state index in [0.29, 0.717) is 35.5 Å². The van der Waals surface area contributed by atoms with E-state index >= 15 is 0 Å². The molecule has 2 aromatic rings. The van der Waals surface area contributed by atoms with Crippen molar-refractivity contribution in [2.75, 3.05) is 13.2 Å². The fourth-order valence-corrected chi connectivity index (χ4v) is 4.37. The van der Waals surface area contributed by atoms with Crippen molar-refractivity contribution >= 4 is 20.0 Å². The Bertz CT molecular complexity index is 964. The molecule has 0 aliphatic carbocycles. The number of ether oxygens (including phenoxy) is 2. The maximum absolute atomic E-state index is 11.6. The largest absolute Gasteiger partial charge is 0.490 e. The number of hydrogen-bond donors (Lipinski definition) is 2. The molecule has 2 aromatic carbocycles. The monoisotopic (exact) mass is 428 g/mol. The van der Waals surface area contributed by atoms with Gasteiger partial charge in [0.1, 0.15) is 24.7 Å². The van der Waals surface area contributed by atoms with Crippen LogP contribution in [0.2, 0.25) is 0 Å². The lowest BCUT2D eigenvalue weighted by atomic mass is 10.1. The number of primary sulfonamides is 2. The number of rotatable bonds is 9. The third-order valence-corrected chi connectivity index (χ3v) is 6.08. The van der Waals surface area contributed by atoms with Crippen molar-refractivity contribution in [2.24, 2.45) is 10.3 Å². The Morgan fingerprint density at radius 2 is 1.07 bits per heavy atom. The smallest absolute Gasteiger partial charge is 0.238 e. The summed E-state index contributed by atoms with van der Waals surface area (Å²) in [7, 11) is -7.55. The van der Waals surface area contributed by atoms with Crippen molar-refractivity contribution in [1.82, 2.24) is 0 Å². The second-order valence-corrected chi connectivity index (χ2v) is 9.09. The summed E-state index contributed by atoms with van der Waals surface area (Å²) in [5.41, 5.74) is 1.15. The highest BCUT2D eigenvalue weighted by molar-refractivity contribution is 7.89. The third kappa shape index (κ3) is 5.68. The number of sulfonamides is 2. The van der Waals surface area contributed by atoms with Crippen molar-refractivity contribution in [3.8, 4) is 11.5 Å². The van der Waals surface area contributed by atoms with Crippen molar-refractivity contribution in [2.45, 2.75) is 36.5 Å². The van der Waals surface area contributed by atoms with E-state index in [9.17, 15) is 16.8 Å². The molecule has 0 spiro atoms. The Hall–Kier alpha value is -2.14. The van der Waals surface area contributed by atoms with Crippen LogP contribution in [0.15, 0.2) is 46.2 Å². The Morgan fingerprint density at radius 3 is 1.36 bits per heavy atom. The van der Waals surface area contributed by atoms with Gasteiger partial charge in [-0.3, -0.25) is 0 Å². The summed E-state index contributed by atoms with van der Waals surface area (Å²) >= 11 is 0. The van der Waals surface area contributed by atoms with Gasteiger partial charge in [0.05, 0.1) is 9.79 Å². The lowest BCUT2D eigenvalue weighted by Crippen LogP contribution is -2.15. The standard InChI is InChI=1S/C18H24N2O6S2/c1-3-13-11-15(5-7-17(13)27(19,21)22)25-9-10-26-16-6-8-18(28(20,23)24)14(4-2)12-16/h5-8,11-12H,3-4,9-10H2,1-2H3,(H2,19,21,22)(H2,20,23,24). The molecule has 2 rings (SSSR count). The lowest BCUT2D eigenvalue weighted by Gasteiger charge is -2.12. The zero-order valence-electron chi connectivity index (χ0n) is 15.7. The van der Waals surface area contributed by atoms with Crippen LogP contribution >= 0.6 is 0 Å². The molecule has 8 nitrogen and oxygen atoms in total. The highest BCUT2D eigenvalue weighted by Gasteiger charge is 2.15. The summed E-state index contributed by atoms with van der Waals surface area (Å²) in [4.78, 5) is 0.168. The second-order valence-electron chi connectivity index (χ2n) is 6.03. The maximum Gasteiger partial charge on any atom is 0.238 e. The molecule has 0 unspecified atom stereocenters. The lowest BCUT2D eigenvalue weighted by molar-refractivity contribution is 0.216. The normalized spacial score (nSPS) is 12.0. The zero-order chi connectivity index (χ0) is 20.9. The van der Waals surface area contributed by atoms with Gasteiger partial charge in [-0.15, -0.1) is 0 Å². The molecule has 10 heteroatoms. The number of benzene rings is 2. The quantitative estimate of drug-likeness (QED) is 0.581. The van der Waals surface area contributed by atoms with E-state index < -0.39 is 20.0 Å². The molecule has 0 heterocycles. The van der Waals surface area contributed by atoms with Crippen molar-refractivity contribution in [3.63, 3.8) is 0 Å². The maximum atomic E-state index is 11.6. The van der Waals surface area contributed by atoms with Gasteiger partial charge in [-0.05, 0) is 60.4 Å². The number of nitrogens with two attached hydrogens (primary N) is 2. The minimum atomic E-state index is -3.78. The van der Waals surface area contributed by atoms with Gasteiger partial charge in [0.25, 0.3) is 0 Å². The van der Waals surface area contributed by atoms with Gasteiger partial charge in [0.2, 0.25) is 20.0 Å². The van der Waals surface area contributed by atoms with Crippen LogP contribution in [-0.2, 0) is 32.9 Å². The number of hydrogen-bond acceptors (Lipinski definition) is 6. The van der Waals surface area contributed by atoms with Gasteiger partial charge in [-0.1, -0.05) is 13.8 Å². The first kappa shape index (κ1) is 22.2. The minimum absolute atomic E-state index is 0.0839. The summed E-state index contributed by atoms with van der Waals surface area (Å²) in [5.74, 6) is 1.01. The molecule has 4 N–H and O–H groups in total. The highest BCUT2D eigenvalue weighted by Crippen LogP contribution is 2.23. The molecular weight excluding hydrogens is 404 g/mol. The van der Waals surface area contributed by atoms with Crippen LogP contribution in [0.4, 0.5) is 0 Å². The molecule has 0 radical (unpaired) electrons. The Kier molecular flexibility index (Phi) is 7.05. The second kappa shape index (κ2) is 8.91. The van der Waals surface area contributed by atoms with Gasteiger partial charge < -0.3 is 9.47 Å². The molecule has 0 aliphatic heterocycles. The average molecular weight is 429 g/mol. The zero-order valence-corrected chi connectivity index (χ0v) is 17.3. The first-order valence-electron chi connectivity index (χ1n) is 8.63. The van der Waals surface area contributed by atoms with Gasteiger partial charge in [-0.25, -0.2) is 27.1 Å². The fourth-order valence-electron chi connectivity index (χ4n) is 2.72. The molecule has 0 fully saturated rings. The SMILES string of the molecule is CCc1cc(OCCOc2ccc(S(N)(=O)=O)c(CC)c2)ccc1S(N)(=O)=O. The molecule has 0 bridgehead atoms. The van der Waals surface area contributed by atoms with Crippen LogP contribution in [0.5, 0.6) is 11.5 Å². The van der Waals surface area contributed by atoms with Gasteiger partial charge in [0, 0.05) is 0 Å². The first-order chi connectivity index (χ1) is 13.1. The van der Waals surface area contributed by atoms with E-state index in [4.69, 9.17) is 19.8 Å². The van der Waals surface area contributed by atoms with Crippen LogP contribution in [0.1, 0.15) is 25.0 Å². The van der Waals surface area contributed by atoms with E-state index in [1.807, 2.05) is 13.8 Å². The molecule has 0 saturated heterocycles. The predicted molar refractivity (Wildman–Crippen MR) is 105 cm³/mol. The van der Waals surface area contributed by atoms with Crippen LogP contribution in [0.3, 0.4) is 0 Å². The third-order valence-electron chi connectivity index (χ3n) is 4.06. The number of aryl methyl sites for hydroxylation is 2. The Morgan fingerprint density at radius 1 is 0.714 bits per heavy atom. The van der Waals surface area contributed by atoms with E-state index in [2.05, 4.69) is 0 Å². The van der Waals surface area contributed by atoms with Gasteiger partial charge in [0.15, 0.2) is 0 Å². The van der Waals surface area contributed by atoms with Crippen LogP contribution in [0.25, 0.3) is 0 Å². The molecule has 0 amide bonds. The van der Waals surface area contributed by atoms with E-state index in [0.717, 1.165) is 0 Å².